The molecule has 0 aliphatic rings. The van der Waals surface area contributed by atoms with Gasteiger partial charge in [0.1, 0.15) is 12.3 Å². The van der Waals surface area contributed by atoms with Crippen molar-refractivity contribution >= 4 is 29.1 Å². The Morgan fingerprint density at radius 3 is 2.45 bits per heavy atom. The van der Waals surface area contributed by atoms with E-state index < -0.39 is 0 Å². The quantitative estimate of drug-likeness (QED) is 0.495. The molecule has 0 bridgehead atoms. The van der Waals surface area contributed by atoms with Crippen molar-refractivity contribution < 1.29 is 19.1 Å². The van der Waals surface area contributed by atoms with E-state index in [4.69, 9.17) is 4.74 Å². The van der Waals surface area contributed by atoms with Crippen LogP contribution in [0.3, 0.4) is 0 Å². The normalized spacial score (nSPS) is 10.4. The Balaban J connectivity index is 1.58. The van der Waals surface area contributed by atoms with Gasteiger partial charge in [0, 0.05) is 54.9 Å². The molecule has 3 aromatic rings. The summed E-state index contributed by atoms with van der Waals surface area (Å²) < 4.78 is 6.97. The molecule has 0 unspecified atom stereocenters. The lowest BCUT2D eigenvalue weighted by Crippen LogP contribution is -2.37. The van der Waals surface area contributed by atoms with Crippen LogP contribution in [0, 0.1) is 0 Å². The van der Waals surface area contributed by atoms with Crippen LogP contribution in [0.5, 0.6) is 5.75 Å². The molecule has 0 fully saturated rings. The molecule has 0 aliphatic heterocycles. The van der Waals surface area contributed by atoms with Crippen LogP contribution in [0.15, 0.2) is 67.3 Å². The second kappa shape index (κ2) is 11.5. The van der Waals surface area contributed by atoms with Crippen LogP contribution in [-0.4, -0.2) is 52.4 Å². The molecule has 1 aromatic heterocycles. The maximum atomic E-state index is 13.0. The topological polar surface area (TPSA) is 106 Å². The third kappa shape index (κ3) is 6.93. The highest BCUT2D eigenvalue weighted by molar-refractivity contribution is 6.00. The Morgan fingerprint density at radius 2 is 1.76 bits per heavy atom. The lowest BCUT2D eigenvalue weighted by atomic mass is 10.1. The molecule has 0 saturated carbocycles. The lowest BCUT2D eigenvalue weighted by Gasteiger charge is -2.21. The Kier molecular flexibility index (Phi) is 8.18. The first-order valence-electron chi connectivity index (χ1n) is 10.6. The van der Waals surface area contributed by atoms with Crippen molar-refractivity contribution in [3.05, 3.63) is 72.8 Å². The molecule has 0 radical (unpaired) electrons. The zero-order valence-electron chi connectivity index (χ0n) is 18.7. The summed E-state index contributed by atoms with van der Waals surface area (Å²) in [5, 5.41) is 5.58. The number of ether oxygens (including phenoxy) is 1. The van der Waals surface area contributed by atoms with E-state index >= 15 is 0 Å². The van der Waals surface area contributed by atoms with Crippen molar-refractivity contribution in [1.82, 2.24) is 14.5 Å². The third-order valence-electron chi connectivity index (χ3n) is 4.91. The van der Waals surface area contributed by atoms with Crippen molar-refractivity contribution in [1.29, 1.82) is 0 Å². The summed E-state index contributed by atoms with van der Waals surface area (Å²) in [5.41, 5.74) is 1.50. The van der Waals surface area contributed by atoms with E-state index in [2.05, 4.69) is 15.6 Å². The second-order valence-electron chi connectivity index (χ2n) is 7.28. The molecule has 2 aromatic carbocycles. The Labute approximate surface area is 192 Å². The number of rotatable bonds is 10. The molecule has 9 nitrogen and oxygen atoms in total. The van der Waals surface area contributed by atoms with Crippen LogP contribution in [0.4, 0.5) is 11.4 Å². The number of methoxy groups -OCH3 is 1. The predicted octanol–water partition coefficient (Wildman–Crippen LogP) is 3.02. The van der Waals surface area contributed by atoms with Gasteiger partial charge in [0.15, 0.2) is 0 Å². The fraction of sp³-hybridized carbons (Fsp3) is 0.250. The number of benzene rings is 2. The van der Waals surface area contributed by atoms with Gasteiger partial charge in [-0.05, 0) is 37.3 Å². The average molecular weight is 450 g/mol. The van der Waals surface area contributed by atoms with Crippen molar-refractivity contribution in [2.24, 2.45) is 0 Å². The highest BCUT2D eigenvalue weighted by Crippen LogP contribution is 2.17. The van der Waals surface area contributed by atoms with Crippen LogP contribution in [0.1, 0.15) is 23.7 Å². The Morgan fingerprint density at radius 1 is 1.03 bits per heavy atom. The molecule has 9 heteroatoms. The molecule has 33 heavy (non-hydrogen) atoms. The van der Waals surface area contributed by atoms with Crippen molar-refractivity contribution in [3.8, 4) is 5.75 Å². The number of nitrogens with one attached hydrogen (secondary N) is 2. The number of hydrogen-bond acceptors (Lipinski definition) is 5. The van der Waals surface area contributed by atoms with Gasteiger partial charge < -0.3 is 24.8 Å². The molecule has 172 valence electrons. The van der Waals surface area contributed by atoms with Gasteiger partial charge in [-0.25, -0.2) is 4.98 Å². The number of imidazole rings is 1. The van der Waals surface area contributed by atoms with Crippen LogP contribution < -0.4 is 15.4 Å². The minimum Gasteiger partial charge on any atom is -0.497 e. The lowest BCUT2D eigenvalue weighted by molar-refractivity contribution is -0.117. The molecule has 0 spiro atoms. The maximum Gasteiger partial charge on any atom is 0.254 e. The number of aryl methyl sites for hydroxylation is 1. The van der Waals surface area contributed by atoms with E-state index in [1.807, 2.05) is 4.57 Å². The van der Waals surface area contributed by atoms with Gasteiger partial charge in [-0.15, -0.1) is 0 Å². The van der Waals surface area contributed by atoms with E-state index in [-0.39, 0.29) is 30.7 Å². The smallest absolute Gasteiger partial charge is 0.254 e. The van der Waals surface area contributed by atoms with Gasteiger partial charge in [-0.3, -0.25) is 14.4 Å². The molecule has 3 rings (SSSR count). The predicted molar refractivity (Wildman–Crippen MR) is 125 cm³/mol. The van der Waals surface area contributed by atoms with Gasteiger partial charge in [-0.1, -0.05) is 12.1 Å². The summed E-state index contributed by atoms with van der Waals surface area (Å²) in [6.07, 6.45) is 5.37. The summed E-state index contributed by atoms with van der Waals surface area (Å²) in [6, 6.07) is 13.7. The van der Waals surface area contributed by atoms with E-state index in [0.29, 0.717) is 35.8 Å². The minimum atomic E-state index is -0.317. The van der Waals surface area contributed by atoms with Crippen LogP contribution in [0.2, 0.25) is 0 Å². The van der Waals surface area contributed by atoms with E-state index in [1.165, 1.54) is 4.90 Å². The third-order valence-corrected chi connectivity index (χ3v) is 4.91. The highest BCUT2D eigenvalue weighted by Gasteiger charge is 2.18. The summed E-state index contributed by atoms with van der Waals surface area (Å²) in [6.45, 7) is 2.56. The number of likely N-dealkylation sites (N-methyl/N-ethyl adjacent to an activating group) is 1. The number of amides is 3. The fourth-order valence-electron chi connectivity index (χ4n) is 3.19. The highest BCUT2D eigenvalue weighted by atomic mass is 16.5. The first kappa shape index (κ1) is 23.5. The summed E-state index contributed by atoms with van der Waals surface area (Å²) in [7, 11) is 1.55. The number of carbonyl (C=O) groups is 3. The van der Waals surface area contributed by atoms with E-state index in [1.54, 1.807) is 81.3 Å². The number of hydrogen-bond donors (Lipinski definition) is 2. The summed E-state index contributed by atoms with van der Waals surface area (Å²) in [5.74, 6) is -0.159. The SMILES string of the molecule is CCN(CC(=O)Nc1cccc(OC)c1)C(=O)c1cccc(NC(=O)CCn2ccnc2)c1. The molecule has 1 heterocycles. The van der Waals surface area contributed by atoms with Crippen molar-refractivity contribution in [2.75, 3.05) is 30.8 Å². The van der Waals surface area contributed by atoms with Gasteiger partial charge >= 0.3 is 0 Å². The van der Waals surface area contributed by atoms with Crippen molar-refractivity contribution in [2.45, 2.75) is 19.9 Å². The fourth-order valence-corrected chi connectivity index (χ4v) is 3.19. The second-order valence-corrected chi connectivity index (χ2v) is 7.28. The van der Waals surface area contributed by atoms with E-state index in [9.17, 15) is 14.4 Å². The van der Waals surface area contributed by atoms with Crippen LogP contribution in [-0.2, 0) is 16.1 Å². The molecule has 0 atom stereocenters. The van der Waals surface area contributed by atoms with Gasteiger partial charge in [0.25, 0.3) is 5.91 Å². The zero-order chi connectivity index (χ0) is 23.6. The van der Waals surface area contributed by atoms with Gasteiger partial charge in [0.2, 0.25) is 11.8 Å². The van der Waals surface area contributed by atoms with E-state index in [0.717, 1.165) is 0 Å². The molecule has 2 N–H and O–H groups in total. The van der Waals surface area contributed by atoms with Crippen molar-refractivity contribution in [3.63, 3.8) is 0 Å². The Bertz CT molecular complexity index is 1100. The van der Waals surface area contributed by atoms with Gasteiger partial charge in [0.05, 0.1) is 13.4 Å². The van der Waals surface area contributed by atoms with Crippen LogP contribution in [0.25, 0.3) is 0 Å². The number of carbonyl (C=O) groups excluding carboxylic acids is 3. The molecule has 0 saturated heterocycles. The monoisotopic (exact) mass is 449 g/mol. The molecule has 3 amide bonds. The average Bonchev–Trinajstić information content (AvgIpc) is 3.35. The molecule has 0 aliphatic carbocycles. The first-order valence-corrected chi connectivity index (χ1v) is 10.6. The maximum absolute atomic E-state index is 13.0. The zero-order valence-corrected chi connectivity index (χ0v) is 18.7. The number of anilines is 2. The molecular weight excluding hydrogens is 422 g/mol. The Hall–Kier alpha value is -4.14. The van der Waals surface area contributed by atoms with Crippen LogP contribution >= 0.6 is 0 Å². The first-order chi connectivity index (χ1) is 16.0. The largest absolute Gasteiger partial charge is 0.497 e. The minimum absolute atomic E-state index is 0.103. The standard InChI is InChI=1S/C24H27N5O4/c1-3-29(16-23(31)27-20-8-5-9-21(15-20)33-2)24(32)18-6-4-7-19(14-18)26-22(30)10-12-28-13-11-25-17-28/h4-9,11,13-15,17H,3,10,12,16H2,1-2H3,(H,26,30)(H,27,31). The summed E-state index contributed by atoms with van der Waals surface area (Å²) in [4.78, 5) is 43.1. The number of aromatic nitrogens is 2. The summed E-state index contributed by atoms with van der Waals surface area (Å²) >= 11 is 0. The number of nitrogens with zero attached hydrogens (tertiary/aromatic N) is 3. The van der Waals surface area contributed by atoms with Gasteiger partial charge in [-0.2, -0.15) is 0 Å². The molecular formula is C24H27N5O4.